The van der Waals surface area contributed by atoms with E-state index < -0.39 is 0 Å². The molecule has 0 radical (unpaired) electrons. The SMILES string of the molecule is CO[S+]=O. The highest BCUT2D eigenvalue weighted by molar-refractivity contribution is 7.60. The van der Waals surface area contributed by atoms with Crippen LogP contribution in [0.4, 0.5) is 0 Å². The Bertz CT molecular complexity index is 20.0. The molecule has 0 spiro atoms. The summed E-state index contributed by atoms with van der Waals surface area (Å²) in [5.74, 6) is 0. The van der Waals surface area contributed by atoms with E-state index in [9.17, 15) is 0 Å². The maximum absolute atomic E-state index is 8.99. The number of hydrogen-bond acceptors (Lipinski definition) is 2. The lowest BCUT2D eigenvalue weighted by molar-refractivity contribution is 0.446. The molecule has 4 heavy (non-hydrogen) atoms. The van der Waals surface area contributed by atoms with Crippen molar-refractivity contribution in [3.05, 3.63) is 0 Å². The summed E-state index contributed by atoms with van der Waals surface area (Å²) in [6.07, 6.45) is 0. The summed E-state index contributed by atoms with van der Waals surface area (Å²) in [6, 6.07) is 0. The van der Waals surface area contributed by atoms with Gasteiger partial charge in [-0.15, -0.1) is 0 Å². The van der Waals surface area contributed by atoms with Crippen molar-refractivity contribution in [3.8, 4) is 0 Å². The van der Waals surface area contributed by atoms with E-state index in [0.29, 0.717) is 0 Å². The van der Waals surface area contributed by atoms with Crippen LogP contribution in [0.25, 0.3) is 0 Å². The predicted octanol–water partition coefficient (Wildman–Crippen LogP) is -0.0241. The molecule has 0 N–H and O–H groups in total. The van der Waals surface area contributed by atoms with Crippen molar-refractivity contribution in [2.45, 2.75) is 0 Å². The summed E-state index contributed by atoms with van der Waals surface area (Å²) in [6.45, 7) is 0. The first-order valence-electron chi connectivity index (χ1n) is 0.742. The molecule has 2 nitrogen and oxygen atoms in total. The molecule has 0 saturated carbocycles. The van der Waals surface area contributed by atoms with E-state index in [1.807, 2.05) is 0 Å². The van der Waals surface area contributed by atoms with E-state index >= 15 is 0 Å². The van der Waals surface area contributed by atoms with Crippen LogP contribution in [0.2, 0.25) is 0 Å². The molecule has 24 valence electrons. The third-order valence-electron chi connectivity index (χ3n) is 0.0680. The molecule has 0 amide bonds. The summed E-state index contributed by atoms with van der Waals surface area (Å²) in [4.78, 5) is 0. The largest absolute Gasteiger partial charge is 0.692 e. The molecular weight excluding hydrogens is 76.1 g/mol. The number of rotatable bonds is 1. The second kappa shape index (κ2) is 2.98. The van der Waals surface area contributed by atoms with Crippen LogP contribution in [-0.4, -0.2) is 7.11 Å². The van der Waals surface area contributed by atoms with E-state index in [2.05, 4.69) is 4.18 Å². The molecule has 0 aliphatic carbocycles. The molecular formula is CH3O2S+. The van der Waals surface area contributed by atoms with E-state index in [1.54, 1.807) is 0 Å². The molecule has 0 heterocycles. The minimum Gasteiger partial charge on any atom is -0.0630 e. The number of hydrogen-bond donors (Lipinski definition) is 0. The smallest absolute Gasteiger partial charge is 0.0630 e. The third-order valence-corrected chi connectivity index (χ3v) is 0.204. The lowest BCUT2D eigenvalue weighted by Gasteiger charge is -1.34. The van der Waals surface area contributed by atoms with Gasteiger partial charge in [-0.1, -0.05) is 4.18 Å². The van der Waals surface area contributed by atoms with Crippen LogP contribution in [0.1, 0.15) is 0 Å². The second-order valence-corrected chi connectivity index (χ2v) is 0.704. The van der Waals surface area contributed by atoms with Crippen LogP contribution in [0.3, 0.4) is 0 Å². The highest BCUT2D eigenvalue weighted by Gasteiger charge is 1.79. The lowest BCUT2D eigenvalue weighted by Crippen LogP contribution is -1.59. The normalized spacial score (nSPS) is 6.25. The van der Waals surface area contributed by atoms with Gasteiger partial charge in [0, 0.05) is 0 Å². The zero-order valence-corrected chi connectivity index (χ0v) is 3.04. The summed E-state index contributed by atoms with van der Waals surface area (Å²) in [5.41, 5.74) is 0. The zero-order valence-electron chi connectivity index (χ0n) is 2.22. The Kier molecular flexibility index (Phi) is 2.97. The highest BCUT2D eigenvalue weighted by Crippen LogP contribution is 1.44. The summed E-state index contributed by atoms with van der Waals surface area (Å²) in [7, 11) is 1.33. The van der Waals surface area contributed by atoms with Gasteiger partial charge in [0.15, 0.2) is 0 Å². The molecule has 0 aliphatic heterocycles. The van der Waals surface area contributed by atoms with E-state index in [1.165, 1.54) is 7.11 Å². The first-order valence-corrected chi connectivity index (χ1v) is 1.41. The lowest BCUT2D eigenvalue weighted by atomic mass is 11.8. The van der Waals surface area contributed by atoms with Gasteiger partial charge in [-0.2, -0.15) is 0 Å². The maximum Gasteiger partial charge on any atom is 0.692 e. The molecule has 0 unspecified atom stereocenters. The van der Waals surface area contributed by atoms with Crippen molar-refractivity contribution in [1.29, 1.82) is 0 Å². The van der Waals surface area contributed by atoms with Crippen molar-refractivity contribution < 1.29 is 8.39 Å². The van der Waals surface area contributed by atoms with Crippen molar-refractivity contribution >= 4 is 11.9 Å². The molecule has 0 fully saturated rings. The Labute approximate surface area is 28.5 Å². The van der Waals surface area contributed by atoms with Crippen molar-refractivity contribution in [2.75, 3.05) is 7.11 Å². The highest BCUT2D eigenvalue weighted by atomic mass is 32.2. The summed E-state index contributed by atoms with van der Waals surface area (Å²) in [5, 5.41) is 0. The Morgan fingerprint density at radius 3 is 2.25 bits per heavy atom. The fourth-order valence-electron chi connectivity index (χ4n) is 0. The van der Waals surface area contributed by atoms with Crippen LogP contribution in [0.5, 0.6) is 0 Å². The van der Waals surface area contributed by atoms with E-state index in [4.69, 9.17) is 4.21 Å². The van der Waals surface area contributed by atoms with E-state index in [0.717, 1.165) is 0 Å². The molecule has 0 atom stereocenters. The molecule has 0 aliphatic rings. The first kappa shape index (κ1) is 3.98. The average Bonchev–Trinajstić information content (AvgIpc) is 1.37. The minimum atomic E-state index is 0.106. The Hall–Kier alpha value is -0.0200. The fourth-order valence-corrected chi connectivity index (χ4v) is 0. The average molecular weight is 79.1 g/mol. The first-order chi connectivity index (χ1) is 1.91. The zero-order chi connectivity index (χ0) is 3.41. The monoisotopic (exact) mass is 79.0 g/mol. The van der Waals surface area contributed by atoms with Crippen LogP contribution in [-0.2, 0) is 20.3 Å². The molecule has 3 heteroatoms. The van der Waals surface area contributed by atoms with Crippen LogP contribution >= 0.6 is 0 Å². The van der Waals surface area contributed by atoms with Gasteiger partial charge in [-0.3, -0.25) is 0 Å². The summed E-state index contributed by atoms with van der Waals surface area (Å²) < 4.78 is 12.9. The quantitative estimate of drug-likeness (QED) is 0.326. The topological polar surface area (TPSA) is 26.3 Å². The van der Waals surface area contributed by atoms with Gasteiger partial charge in [-0.25, -0.2) is 0 Å². The van der Waals surface area contributed by atoms with Gasteiger partial charge in [0.2, 0.25) is 0 Å². The van der Waals surface area contributed by atoms with Gasteiger partial charge in [0.25, 0.3) is 0 Å². The Balaban J connectivity index is 2.30. The van der Waals surface area contributed by atoms with Crippen LogP contribution in [0, 0.1) is 0 Å². The molecule has 0 aromatic carbocycles. The van der Waals surface area contributed by atoms with Gasteiger partial charge >= 0.3 is 11.9 Å². The standard InChI is InChI=1S/CH3O2S/c1-3-4-2/h1H3/q+1. The molecule has 0 aromatic heterocycles. The molecule has 0 aromatic rings. The van der Waals surface area contributed by atoms with Crippen molar-refractivity contribution in [2.24, 2.45) is 0 Å². The predicted molar refractivity (Wildman–Crippen MR) is 15.1 cm³/mol. The maximum atomic E-state index is 8.99. The third kappa shape index (κ3) is 1.98. The van der Waals surface area contributed by atoms with E-state index in [-0.39, 0.29) is 11.9 Å². The van der Waals surface area contributed by atoms with Crippen molar-refractivity contribution in [3.63, 3.8) is 0 Å². The van der Waals surface area contributed by atoms with Gasteiger partial charge in [0.05, 0.1) is 4.21 Å². The van der Waals surface area contributed by atoms with Crippen LogP contribution in [0.15, 0.2) is 0 Å². The fraction of sp³-hybridized carbons (Fsp3) is 1.00. The minimum absolute atomic E-state index is 0.106. The van der Waals surface area contributed by atoms with Crippen molar-refractivity contribution in [1.82, 2.24) is 0 Å². The van der Waals surface area contributed by atoms with Gasteiger partial charge in [0.1, 0.15) is 7.11 Å². The Morgan fingerprint density at radius 2 is 2.25 bits per heavy atom. The second-order valence-electron chi connectivity index (χ2n) is 0.235. The Morgan fingerprint density at radius 1 is 2.00 bits per heavy atom. The van der Waals surface area contributed by atoms with Gasteiger partial charge < -0.3 is 0 Å². The molecule has 0 saturated heterocycles. The molecule has 0 bridgehead atoms. The van der Waals surface area contributed by atoms with Crippen LogP contribution < -0.4 is 0 Å². The molecule has 0 rings (SSSR count). The summed E-state index contributed by atoms with van der Waals surface area (Å²) >= 11 is 0.106. The van der Waals surface area contributed by atoms with Gasteiger partial charge in [-0.05, 0) is 0 Å².